The van der Waals surface area contributed by atoms with Gasteiger partial charge in [-0.2, -0.15) is 17.5 Å². The first-order valence-electron chi connectivity index (χ1n) is 9.35. The first-order chi connectivity index (χ1) is 13.7. The number of guanidine groups is 1. The summed E-state index contributed by atoms with van der Waals surface area (Å²) in [6, 6.07) is 3.58. The van der Waals surface area contributed by atoms with Crippen molar-refractivity contribution in [3.63, 3.8) is 0 Å². The monoisotopic (exact) mass is 565 g/mol. The molecule has 13 heteroatoms. The average Bonchev–Trinajstić information content (AvgIpc) is 2.69. The van der Waals surface area contributed by atoms with Crippen molar-refractivity contribution in [1.29, 1.82) is 0 Å². The molecule has 1 saturated heterocycles. The van der Waals surface area contributed by atoms with Crippen molar-refractivity contribution in [2.75, 3.05) is 39.3 Å². The van der Waals surface area contributed by atoms with Crippen LogP contribution in [-0.4, -0.2) is 68.5 Å². The Morgan fingerprint density at radius 3 is 2.60 bits per heavy atom. The van der Waals surface area contributed by atoms with Crippen molar-refractivity contribution >= 4 is 40.0 Å². The van der Waals surface area contributed by atoms with Gasteiger partial charge in [-0.05, 0) is 37.8 Å². The Morgan fingerprint density at radius 2 is 2.03 bits per heavy atom. The number of aliphatic imine (C=N–C) groups is 1. The molecule has 0 amide bonds. The van der Waals surface area contributed by atoms with Crippen molar-refractivity contribution in [3.05, 3.63) is 24.5 Å². The van der Waals surface area contributed by atoms with Gasteiger partial charge in [-0.25, -0.2) is 8.42 Å². The zero-order valence-electron chi connectivity index (χ0n) is 16.6. The van der Waals surface area contributed by atoms with Crippen molar-refractivity contribution in [1.82, 2.24) is 19.9 Å². The van der Waals surface area contributed by atoms with Crippen molar-refractivity contribution in [3.8, 4) is 5.75 Å². The minimum absolute atomic E-state index is 0. The second kappa shape index (κ2) is 12.5. The quantitative estimate of drug-likeness (QED) is 0.217. The molecular formula is C17H27F3IN5O3S. The lowest BCUT2D eigenvalue weighted by molar-refractivity contribution is -0.0496. The van der Waals surface area contributed by atoms with Gasteiger partial charge in [-0.1, -0.05) is 0 Å². The first kappa shape index (κ1) is 26.7. The maximum atomic E-state index is 12.6. The Bertz CT molecular complexity index is 758. The molecule has 1 aliphatic rings. The van der Waals surface area contributed by atoms with E-state index in [9.17, 15) is 21.6 Å². The molecule has 0 aliphatic carbocycles. The first-order valence-corrected chi connectivity index (χ1v) is 10.8. The van der Waals surface area contributed by atoms with E-state index >= 15 is 0 Å². The molecule has 0 atom stereocenters. The van der Waals surface area contributed by atoms with Gasteiger partial charge < -0.3 is 15.4 Å². The van der Waals surface area contributed by atoms with Crippen LogP contribution in [-0.2, 0) is 10.0 Å². The van der Waals surface area contributed by atoms with Gasteiger partial charge in [0.05, 0.1) is 12.7 Å². The maximum absolute atomic E-state index is 12.6. The molecule has 2 heterocycles. The van der Waals surface area contributed by atoms with Crippen LogP contribution in [0.3, 0.4) is 0 Å². The van der Waals surface area contributed by atoms with E-state index in [1.807, 2.05) is 6.92 Å². The van der Waals surface area contributed by atoms with Crippen molar-refractivity contribution in [2.24, 2.45) is 10.9 Å². The minimum Gasteiger partial charge on any atom is -0.490 e. The van der Waals surface area contributed by atoms with Gasteiger partial charge in [0, 0.05) is 32.4 Å². The molecule has 0 radical (unpaired) electrons. The van der Waals surface area contributed by atoms with E-state index in [0.717, 1.165) is 0 Å². The maximum Gasteiger partial charge on any atom is 0.511 e. The van der Waals surface area contributed by atoms with Gasteiger partial charge in [-0.3, -0.25) is 9.98 Å². The van der Waals surface area contributed by atoms with E-state index in [1.165, 1.54) is 0 Å². The lowest BCUT2D eigenvalue weighted by atomic mass is 9.98. The van der Waals surface area contributed by atoms with Crippen LogP contribution in [0.5, 0.6) is 5.75 Å². The molecule has 0 spiro atoms. The molecule has 0 saturated carbocycles. The molecule has 1 fully saturated rings. The average molecular weight is 565 g/mol. The molecule has 0 aromatic carbocycles. The van der Waals surface area contributed by atoms with E-state index in [2.05, 4.69) is 20.6 Å². The lowest BCUT2D eigenvalue weighted by Gasteiger charge is -2.30. The van der Waals surface area contributed by atoms with Gasteiger partial charge in [-0.15, -0.1) is 24.0 Å². The second-order valence-electron chi connectivity index (χ2n) is 6.48. The lowest BCUT2D eigenvalue weighted by Crippen LogP contribution is -2.45. The van der Waals surface area contributed by atoms with Crippen LogP contribution in [0.15, 0.2) is 29.5 Å². The number of hydrogen-bond acceptors (Lipinski definition) is 5. The Balaban J connectivity index is 0.00000450. The fourth-order valence-corrected chi connectivity index (χ4v) is 3.80. The molecule has 2 N–H and O–H groups in total. The van der Waals surface area contributed by atoms with Crippen molar-refractivity contribution < 1.29 is 26.3 Å². The number of rotatable bonds is 8. The summed E-state index contributed by atoms with van der Waals surface area (Å²) in [5, 5.41) is 6.21. The van der Waals surface area contributed by atoms with Gasteiger partial charge in [0.15, 0.2) is 5.96 Å². The summed E-state index contributed by atoms with van der Waals surface area (Å²) < 4.78 is 66.8. The van der Waals surface area contributed by atoms with E-state index in [1.54, 1.807) is 24.5 Å². The third-order valence-electron chi connectivity index (χ3n) is 4.36. The predicted molar refractivity (Wildman–Crippen MR) is 118 cm³/mol. The second-order valence-corrected chi connectivity index (χ2v) is 8.41. The number of halogens is 4. The highest BCUT2D eigenvalue weighted by molar-refractivity contribution is 14.0. The third kappa shape index (κ3) is 8.06. The van der Waals surface area contributed by atoms with Crippen LogP contribution in [0.4, 0.5) is 13.2 Å². The number of sulfonamides is 1. The van der Waals surface area contributed by atoms with Crippen LogP contribution in [0.2, 0.25) is 0 Å². The highest BCUT2D eigenvalue weighted by Crippen LogP contribution is 2.30. The Kier molecular flexibility index (Phi) is 11.1. The van der Waals surface area contributed by atoms with E-state index in [0.29, 0.717) is 55.1 Å². The Hall–Kier alpha value is -1.35. The standard InChI is InChI=1S/C17H26F3N5O3S.HI/c1-2-22-16(23-8-11-28-15-4-3-7-21-13-15)24-12-14-5-9-25(10-6-14)29(26,27)17(18,19)20;/h3-4,7,13-14H,2,5-6,8-12H2,1H3,(H2,22,23,24);1H. The number of alkyl halides is 3. The summed E-state index contributed by atoms with van der Waals surface area (Å²) in [5.74, 6) is 1.27. The summed E-state index contributed by atoms with van der Waals surface area (Å²) in [4.78, 5) is 8.41. The fourth-order valence-electron chi connectivity index (χ4n) is 2.81. The molecule has 2 rings (SSSR count). The number of nitrogens with zero attached hydrogens (tertiary/aromatic N) is 3. The number of ether oxygens (including phenoxy) is 1. The Morgan fingerprint density at radius 1 is 1.33 bits per heavy atom. The molecule has 8 nitrogen and oxygen atoms in total. The topological polar surface area (TPSA) is 95.9 Å². The highest BCUT2D eigenvalue weighted by atomic mass is 127. The van der Waals surface area contributed by atoms with Crippen LogP contribution >= 0.6 is 24.0 Å². The number of hydrogen-bond donors (Lipinski definition) is 2. The summed E-state index contributed by atoms with van der Waals surface area (Å²) in [5.41, 5.74) is -5.25. The minimum atomic E-state index is -5.25. The molecule has 0 unspecified atom stereocenters. The van der Waals surface area contributed by atoms with Crippen LogP contribution in [0, 0.1) is 5.92 Å². The van der Waals surface area contributed by atoms with Crippen LogP contribution in [0.1, 0.15) is 19.8 Å². The molecule has 1 aromatic heterocycles. The van der Waals surface area contributed by atoms with E-state index in [4.69, 9.17) is 4.74 Å². The molecule has 30 heavy (non-hydrogen) atoms. The summed E-state index contributed by atoms with van der Waals surface area (Å²) in [7, 11) is -5.25. The predicted octanol–water partition coefficient (Wildman–Crippen LogP) is 2.20. The molecule has 1 aromatic rings. The largest absolute Gasteiger partial charge is 0.511 e. The van der Waals surface area contributed by atoms with E-state index in [-0.39, 0.29) is 43.0 Å². The summed E-state index contributed by atoms with van der Waals surface area (Å²) >= 11 is 0. The number of pyridine rings is 1. The third-order valence-corrected chi connectivity index (χ3v) is 5.99. The van der Waals surface area contributed by atoms with Gasteiger partial charge in [0.1, 0.15) is 12.4 Å². The van der Waals surface area contributed by atoms with Gasteiger partial charge in [0.2, 0.25) is 0 Å². The molecular weight excluding hydrogens is 538 g/mol. The van der Waals surface area contributed by atoms with E-state index < -0.39 is 15.5 Å². The Labute approximate surface area is 191 Å². The van der Waals surface area contributed by atoms with Crippen LogP contribution in [0.25, 0.3) is 0 Å². The molecule has 172 valence electrons. The summed E-state index contributed by atoms with van der Waals surface area (Å²) in [6.45, 7) is 3.59. The SMILES string of the molecule is CCNC(=NCC1CCN(S(=O)(=O)C(F)(F)F)CC1)NCCOc1cccnc1.I. The zero-order chi connectivity index (χ0) is 21.3. The van der Waals surface area contributed by atoms with Gasteiger partial charge >= 0.3 is 15.5 Å². The molecule has 0 bridgehead atoms. The number of piperidine rings is 1. The van der Waals surface area contributed by atoms with Gasteiger partial charge in [0.25, 0.3) is 0 Å². The van der Waals surface area contributed by atoms with Crippen molar-refractivity contribution in [2.45, 2.75) is 25.3 Å². The smallest absolute Gasteiger partial charge is 0.490 e. The highest BCUT2D eigenvalue weighted by Gasteiger charge is 2.50. The normalized spacial score (nSPS) is 16.6. The molecule has 1 aliphatic heterocycles. The fraction of sp³-hybridized carbons (Fsp3) is 0.647. The van der Waals surface area contributed by atoms with Crippen LogP contribution < -0.4 is 15.4 Å². The summed E-state index contributed by atoms with van der Waals surface area (Å²) in [6.07, 6.45) is 3.94. The number of aromatic nitrogens is 1. The number of nitrogens with one attached hydrogen (secondary N) is 2. The zero-order valence-corrected chi connectivity index (χ0v) is 19.7.